The first kappa shape index (κ1) is 17.5. The Bertz CT molecular complexity index is 999. The summed E-state index contributed by atoms with van der Waals surface area (Å²) in [5.74, 6) is 2.64. The highest BCUT2D eigenvalue weighted by Gasteiger charge is 2.39. The van der Waals surface area contributed by atoms with Crippen molar-refractivity contribution in [1.29, 1.82) is 0 Å². The number of ether oxygens (including phenoxy) is 1. The van der Waals surface area contributed by atoms with Gasteiger partial charge in [-0.15, -0.1) is 11.3 Å². The van der Waals surface area contributed by atoms with E-state index in [-0.39, 0.29) is 6.61 Å². The molecule has 140 valence electrons. The lowest BCUT2D eigenvalue weighted by atomic mass is 9.64. The zero-order valence-corrected chi connectivity index (χ0v) is 16.8. The van der Waals surface area contributed by atoms with Crippen molar-refractivity contribution in [3.8, 4) is 16.9 Å². The van der Waals surface area contributed by atoms with Crippen molar-refractivity contribution in [1.82, 2.24) is 4.98 Å². The second-order valence-corrected chi connectivity index (χ2v) is 9.53. The first-order chi connectivity index (χ1) is 13.1. The average Bonchev–Trinajstić information content (AvgIpc) is 3.06. The van der Waals surface area contributed by atoms with Gasteiger partial charge in [-0.1, -0.05) is 11.6 Å². The number of hydrogen-bond donors (Lipinski definition) is 1. The molecule has 3 aromatic rings. The molecule has 6 rings (SSSR count). The molecule has 1 aromatic carbocycles. The van der Waals surface area contributed by atoms with Crippen molar-refractivity contribution < 1.29 is 9.84 Å². The van der Waals surface area contributed by atoms with E-state index < -0.39 is 0 Å². The summed E-state index contributed by atoms with van der Waals surface area (Å²) >= 11 is 8.00. The van der Waals surface area contributed by atoms with Gasteiger partial charge in [-0.3, -0.25) is 4.98 Å². The monoisotopic (exact) mass is 399 g/mol. The molecule has 3 saturated carbocycles. The predicted molar refractivity (Wildman–Crippen MR) is 111 cm³/mol. The molecule has 0 radical (unpaired) electrons. The summed E-state index contributed by atoms with van der Waals surface area (Å²) in [6.45, 7) is 2.10. The molecular formula is C22H22ClNO2S. The minimum Gasteiger partial charge on any atom is -0.489 e. The van der Waals surface area contributed by atoms with Crippen LogP contribution in [0.15, 0.2) is 30.5 Å². The fourth-order valence-electron chi connectivity index (χ4n) is 4.73. The van der Waals surface area contributed by atoms with Gasteiger partial charge in [0, 0.05) is 27.2 Å². The number of benzene rings is 1. The number of rotatable bonds is 4. The van der Waals surface area contributed by atoms with E-state index in [1.54, 1.807) is 11.3 Å². The van der Waals surface area contributed by atoms with Crippen molar-refractivity contribution in [2.45, 2.75) is 45.3 Å². The van der Waals surface area contributed by atoms with Crippen LogP contribution in [0.2, 0.25) is 5.02 Å². The highest BCUT2D eigenvalue weighted by Crippen LogP contribution is 2.48. The Labute approximate surface area is 168 Å². The topological polar surface area (TPSA) is 42.4 Å². The number of aryl methyl sites for hydroxylation is 1. The molecule has 3 aliphatic carbocycles. The third-order valence-corrected chi connectivity index (χ3v) is 7.32. The zero-order chi connectivity index (χ0) is 18.5. The molecule has 0 saturated heterocycles. The Balaban J connectivity index is 1.60. The van der Waals surface area contributed by atoms with E-state index in [2.05, 4.69) is 11.9 Å². The van der Waals surface area contributed by atoms with Crippen LogP contribution in [-0.4, -0.2) is 16.2 Å². The van der Waals surface area contributed by atoms with Crippen LogP contribution in [0.1, 0.15) is 36.1 Å². The summed E-state index contributed by atoms with van der Waals surface area (Å²) in [5, 5.41) is 10.2. The van der Waals surface area contributed by atoms with Gasteiger partial charge in [0.2, 0.25) is 0 Å². The molecule has 2 bridgehead atoms. The van der Waals surface area contributed by atoms with E-state index >= 15 is 0 Å². The molecule has 5 heteroatoms. The van der Waals surface area contributed by atoms with E-state index in [0.717, 1.165) is 62.2 Å². The number of aromatic nitrogens is 1. The maximum absolute atomic E-state index is 9.53. The van der Waals surface area contributed by atoms with Gasteiger partial charge in [0.05, 0.1) is 22.9 Å². The molecule has 2 heterocycles. The summed E-state index contributed by atoms with van der Waals surface area (Å²) in [5.41, 5.74) is 4.08. The molecular weight excluding hydrogens is 378 g/mol. The van der Waals surface area contributed by atoms with Crippen molar-refractivity contribution in [2.24, 2.45) is 11.8 Å². The number of fused-ring (bicyclic) bond motifs is 3. The molecule has 0 unspecified atom stereocenters. The molecule has 3 nitrogen and oxygen atoms in total. The second kappa shape index (κ2) is 6.77. The van der Waals surface area contributed by atoms with E-state index in [4.69, 9.17) is 16.3 Å². The maximum Gasteiger partial charge on any atom is 0.130 e. The van der Waals surface area contributed by atoms with Crippen LogP contribution in [0.25, 0.3) is 21.3 Å². The lowest BCUT2D eigenvalue weighted by Crippen LogP contribution is -2.39. The third kappa shape index (κ3) is 3.14. The van der Waals surface area contributed by atoms with Crippen molar-refractivity contribution in [2.75, 3.05) is 0 Å². The Morgan fingerprint density at radius 3 is 2.67 bits per heavy atom. The molecule has 0 amide bonds. The average molecular weight is 400 g/mol. The van der Waals surface area contributed by atoms with Gasteiger partial charge in [0.25, 0.3) is 0 Å². The number of aliphatic hydroxyl groups is 1. The van der Waals surface area contributed by atoms with E-state index in [1.165, 1.54) is 12.8 Å². The number of halogens is 1. The minimum absolute atomic E-state index is 0.0310. The number of thiophene rings is 1. The summed E-state index contributed by atoms with van der Waals surface area (Å²) in [7, 11) is 0. The third-order valence-electron chi connectivity index (χ3n) is 5.96. The van der Waals surface area contributed by atoms with Crippen LogP contribution in [0, 0.1) is 18.8 Å². The highest BCUT2D eigenvalue weighted by molar-refractivity contribution is 7.19. The number of nitrogens with zero attached hydrogens (tertiary/aromatic N) is 1. The van der Waals surface area contributed by atoms with Crippen LogP contribution in [0.3, 0.4) is 0 Å². The Morgan fingerprint density at radius 1 is 1.15 bits per heavy atom. The number of pyridine rings is 1. The summed E-state index contributed by atoms with van der Waals surface area (Å²) in [6, 6.07) is 7.96. The van der Waals surface area contributed by atoms with Crippen molar-refractivity contribution in [3.63, 3.8) is 0 Å². The number of hydrogen-bond acceptors (Lipinski definition) is 4. The second-order valence-electron chi connectivity index (χ2n) is 7.96. The summed E-state index contributed by atoms with van der Waals surface area (Å²) in [4.78, 5) is 5.38. The Hall–Kier alpha value is -1.62. The minimum atomic E-state index is 0.0310. The van der Waals surface area contributed by atoms with Gasteiger partial charge in [-0.05, 0) is 74.3 Å². The highest BCUT2D eigenvalue weighted by atomic mass is 35.5. The fourth-order valence-corrected chi connectivity index (χ4v) is 6.00. The first-order valence-electron chi connectivity index (χ1n) is 9.56. The lowest BCUT2D eigenvalue weighted by molar-refractivity contribution is 0.0130. The van der Waals surface area contributed by atoms with Gasteiger partial charge in [-0.25, -0.2) is 0 Å². The van der Waals surface area contributed by atoms with Crippen LogP contribution in [0.4, 0.5) is 0 Å². The zero-order valence-electron chi connectivity index (χ0n) is 15.2. The molecule has 3 aliphatic rings. The van der Waals surface area contributed by atoms with E-state index in [0.29, 0.717) is 11.1 Å². The molecule has 2 aromatic heterocycles. The normalized spacial score (nSPS) is 24.0. The lowest BCUT2D eigenvalue weighted by Gasteiger charge is -2.45. The molecule has 0 atom stereocenters. The Kier molecular flexibility index (Phi) is 4.38. The van der Waals surface area contributed by atoms with Crippen molar-refractivity contribution in [3.05, 3.63) is 45.9 Å². The number of aliphatic hydroxyl groups excluding tert-OH is 1. The van der Waals surface area contributed by atoms with E-state index in [1.807, 2.05) is 30.5 Å². The predicted octanol–water partition coefficient (Wildman–Crippen LogP) is 5.98. The Morgan fingerprint density at radius 2 is 1.93 bits per heavy atom. The van der Waals surface area contributed by atoms with Crippen LogP contribution < -0.4 is 4.74 Å². The molecule has 3 fully saturated rings. The molecule has 0 aliphatic heterocycles. The largest absolute Gasteiger partial charge is 0.489 e. The van der Waals surface area contributed by atoms with Crippen molar-refractivity contribution >= 4 is 33.2 Å². The quantitative estimate of drug-likeness (QED) is 0.586. The van der Waals surface area contributed by atoms with E-state index in [9.17, 15) is 5.11 Å². The maximum atomic E-state index is 9.53. The SMILES string of the molecule is Cc1cc(Cl)cc(-c2ccnc3cc(CO)sc23)c1OC1CC2CC(C2)C1. The van der Waals surface area contributed by atoms with Crippen LogP contribution in [-0.2, 0) is 6.61 Å². The van der Waals surface area contributed by atoms with Crippen LogP contribution in [0.5, 0.6) is 5.75 Å². The first-order valence-corrected chi connectivity index (χ1v) is 10.8. The van der Waals surface area contributed by atoms with Gasteiger partial charge in [-0.2, -0.15) is 0 Å². The molecule has 1 N–H and O–H groups in total. The standard InChI is InChI=1S/C22H22ClNO2S/c1-12-4-15(23)9-19(21(12)26-16-7-13-5-14(6-13)8-16)18-2-3-24-20-10-17(11-25)27-22(18)20/h2-4,9-10,13-14,16,25H,5-8,11H2,1H3. The summed E-state index contributed by atoms with van der Waals surface area (Å²) in [6.07, 6.45) is 7.22. The van der Waals surface area contributed by atoms with Crippen LogP contribution >= 0.6 is 22.9 Å². The van der Waals surface area contributed by atoms with Gasteiger partial charge >= 0.3 is 0 Å². The van der Waals surface area contributed by atoms with Gasteiger partial charge in [0.15, 0.2) is 0 Å². The molecule has 0 spiro atoms. The molecule has 27 heavy (non-hydrogen) atoms. The van der Waals surface area contributed by atoms with Gasteiger partial charge in [0.1, 0.15) is 5.75 Å². The smallest absolute Gasteiger partial charge is 0.130 e. The fraction of sp³-hybridized carbons (Fsp3) is 0.409. The summed E-state index contributed by atoms with van der Waals surface area (Å²) < 4.78 is 7.65. The van der Waals surface area contributed by atoms with Gasteiger partial charge < -0.3 is 9.84 Å².